The van der Waals surface area contributed by atoms with Gasteiger partial charge in [0.25, 0.3) is 11.6 Å². The number of hydrogen-bond donors (Lipinski definition) is 1. The highest BCUT2D eigenvalue weighted by molar-refractivity contribution is 8.18. The van der Waals surface area contributed by atoms with Crippen LogP contribution in [0.3, 0.4) is 0 Å². The summed E-state index contributed by atoms with van der Waals surface area (Å²) >= 11 is 1.27. The van der Waals surface area contributed by atoms with E-state index in [9.17, 15) is 20.0 Å². The maximum Gasteiger partial charge on any atom is 0.286 e. The Labute approximate surface area is 177 Å². The van der Waals surface area contributed by atoms with E-state index < -0.39 is 16.4 Å². The summed E-state index contributed by atoms with van der Waals surface area (Å²) in [5.74, 6) is -1.02. The van der Waals surface area contributed by atoms with Crippen LogP contribution in [0.15, 0.2) is 52.4 Å². The van der Waals surface area contributed by atoms with Crippen molar-refractivity contribution >= 4 is 40.3 Å². The first kappa shape index (κ1) is 20.1. The van der Waals surface area contributed by atoms with Crippen molar-refractivity contribution in [1.29, 1.82) is 0 Å². The van der Waals surface area contributed by atoms with Gasteiger partial charge in [0.1, 0.15) is 5.69 Å². The first-order valence-corrected chi connectivity index (χ1v) is 10.4. The summed E-state index contributed by atoms with van der Waals surface area (Å²) in [6.45, 7) is 5.47. The molecule has 0 radical (unpaired) electrons. The summed E-state index contributed by atoms with van der Waals surface area (Å²) in [5, 5.41) is 23.2. The standard InChI is InChI=1S/C21H20N4O4S/c1-14-3-2-4-16(11-14)23-7-9-24(10-8-23)21-22-20(27)19(30-21)13-15-5-6-18(26)17(12-15)25(28)29/h2-6,11-13,26H,7-10H2,1H3/b19-13+. The Hall–Kier alpha value is -3.17. The Morgan fingerprint density at radius 2 is 1.97 bits per heavy atom. The fourth-order valence-corrected chi connectivity index (χ4v) is 4.54. The first-order valence-electron chi connectivity index (χ1n) is 9.55. The van der Waals surface area contributed by atoms with Gasteiger partial charge in [-0.05, 0) is 47.7 Å². The smallest absolute Gasteiger partial charge is 0.286 e. The maximum atomic E-state index is 12.3. The second-order valence-corrected chi connectivity index (χ2v) is 8.26. The Morgan fingerprint density at radius 3 is 2.67 bits per heavy atom. The van der Waals surface area contributed by atoms with Crippen molar-refractivity contribution < 1.29 is 19.7 Å². The molecule has 9 heteroatoms. The van der Waals surface area contributed by atoms with Crippen molar-refractivity contribution in [1.82, 2.24) is 4.90 Å². The monoisotopic (exact) mass is 424 g/mol. The zero-order valence-electron chi connectivity index (χ0n) is 16.3. The van der Waals surface area contributed by atoms with Gasteiger partial charge >= 0.3 is 0 Å². The third kappa shape index (κ3) is 4.22. The van der Waals surface area contributed by atoms with E-state index in [1.807, 2.05) is 0 Å². The normalized spacial score (nSPS) is 18.7. The minimum Gasteiger partial charge on any atom is -0.868 e. The number of carbonyl (C=O) groups is 1. The molecule has 0 bridgehead atoms. The number of nitro benzene ring substituents is 1. The molecule has 2 aliphatic rings. The van der Waals surface area contributed by atoms with E-state index in [0.717, 1.165) is 32.2 Å². The molecule has 2 aromatic carbocycles. The second-order valence-electron chi connectivity index (χ2n) is 7.25. The molecule has 154 valence electrons. The number of benzene rings is 2. The van der Waals surface area contributed by atoms with Crippen LogP contribution < -0.4 is 10.0 Å². The molecule has 0 saturated carbocycles. The van der Waals surface area contributed by atoms with Crippen LogP contribution in [0, 0.1) is 17.0 Å². The molecular formula is C21H20N4O4S. The van der Waals surface area contributed by atoms with Crippen LogP contribution in [-0.2, 0) is 4.79 Å². The van der Waals surface area contributed by atoms with Gasteiger partial charge in [-0.25, -0.2) is 0 Å². The van der Waals surface area contributed by atoms with Crippen LogP contribution in [0.25, 0.3) is 6.08 Å². The molecule has 30 heavy (non-hydrogen) atoms. The number of nitro groups is 1. The van der Waals surface area contributed by atoms with Crippen LogP contribution in [0.1, 0.15) is 11.1 Å². The Bertz CT molecular complexity index is 1070. The third-order valence-electron chi connectivity index (χ3n) is 5.15. The number of piperazine rings is 1. The number of aliphatic imine (C=N–C) groups is 1. The summed E-state index contributed by atoms with van der Waals surface area (Å²) in [7, 11) is 0. The summed E-state index contributed by atoms with van der Waals surface area (Å²) in [5.41, 5.74) is 2.44. The average Bonchev–Trinajstić information content (AvgIpc) is 3.09. The van der Waals surface area contributed by atoms with Crippen LogP contribution in [0.4, 0.5) is 11.4 Å². The van der Waals surface area contributed by atoms with Gasteiger partial charge in [-0.1, -0.05) is 24.3 Å². The number of rotatable bonds is 3. The van der Waals surface area contributed by atoms with E-state index >= 15 is 0 Å². The van der Waals surface area contributed by atoms with Crippen molar-refractivity contribution in [3.05, 3.63) is 68.6 Å². The van der Waals surface area contributed by atoms with Gasteiger partial charge < -0.3 is 10.0 Å². The van der Waals surface area contributed by atoms with Crippen molar-refractivity contribution in [2.75, 3.05) is 26.2 Å². The summed E-state index contributed by atoms with van der Waals surface area (Å²) in [6.07, 6.45) is 1.55. The van der Waals surface area contributed by atoms with Gasteiger partial charge in [0.2, 0.25) is 0 Å². The highest BCUT2D eigenvalue weighted by Crippen LogP contribution is 2.32. The van der Waals surface area contributed by atoms with E-state index in [1.54, 1.807) is 6.08 Å². The summed E-state index contributed by atoms with van der Waals surface area (Å²) < 4.78 is 0. The molecule has 0 spiro atoms. The van der Waals surface area contributed by atoms with Crippen LogP contribution >= 0.6 is 11.8 Å². The number of quaternary nitrogens is 1. The number of amidine groups is 1. The minimum atomic E-state index is -0.716. The first-order chi connectivity index (χ1) is 14.4. The predicted molar refractivity (Wildman–Crippen MR) is 114 cm³/mol. The molecular weight excluding hydrogens is 404 g/mol. The molecule has 1 fully saturated rings. The zero-order chi connectivity index (χ0) is 21.3. The highest BCUT2D eigenvalue weighted by atomic mass is 32.2. The van der Waals surface area contributed by atoms with E-state index in [4.69, 9.17) is 0 Å². The van der Waals surface area contributed by atoms with Crippen LogP contribution in [0.2, 0.25) is 0 Å². The maximum absolute atomic E-state index is 12.3. The number of aryl methyl sites for hydroxylation is 1. The SMILES string of the molecule is Cc1cccc([NH+]2CCN(C3=NC(=O)/C(=C\c4ccc([O-])c([N+](=O)[O-])c4)S3)CC2)c1. The van der Waals surface area contributed by atoms with Crippen LogP contribution in [-0.4, -0.2) is 47.1 Å². The van der Waals surface area contributed by atoms with E-state index in [1.165, 1.54) is 40.0 Å². The largest absolute Gasteiger partial charge is 0.868 e. The average molecular weight is 424 g/mol. The predicted octanol–water partition coefficient (Wildman–Crippen LogP) is 1.48. The summed E-state index contributed by atoms with van der Waals surface area (Å²) in [6, 6.07) is 12.3. The molecule has 2 aliphatic heterocycles. The third-order valence-corrected chi connectivity index (χ3v) is 6.19. The quantitative estimate of drug-likeness (QED) is 0.455. The van der Waals surface area contributed by atoms with Crippen molar-refractivity contribution in [3.8, 4) is 5.75 Å². The number of nitrogens with one attached hydrogen (secondary N) is 1. The van der Waals surface area contributed by atoms with E-state index in [2.05, 4.69) is 41.1 Å². The van der Waals surface area contributed by atoms with Gasteiger partial charge in [-0.2, -0.15) is 4.99 Å². The fraction of sp³-hybridized carbons (Fsp3) is 0.238. The topological polar surface area (TPSA) is 103 Å². The molecule has 2 heterocycles. The molecule has 2 aromatic rings. The Balaban J connectivity index is 1.43. The van der Waals surface area contributed by atoms with Gasteiger partial charge in [0, 0.05) is 12.1 Å². The fourth-order valence-electron chi connectivity index (χ4n) is 3.57. The number of amides is 1. The Kier molecular flexibility index (Phi) is 5.56. The minimum absolute atomic E-state index is 0.364. The van der Waals surface area contributed by atoms with Gasteiger partial charge in [0.05, 0.1) is 36.0 Å². The van der Waals surface area contributed by atoms with Gasteiger partial charge in [-0.15, -0.1) is 0 Å². The lowest BCUT2D eigenvalue weighted by Crippen LogP contribution is -3.10. The molecule has 8 nitrogen and oxygen atoms in total. The summed E-state index contributed by atoms with van der Waals surface area (Å²) in [4.78, 5) is 30.7. The molecule has 0 unspecified atom stereocenters. The molecule has 0 aliphatic carbocycles. The number of thioether (sulfide) groups is 1. The molecule has 0 aromatic heterocycles. The van der Waals surface area contributed by atoms with Gasteiger partial charge in [-0.3, -0.25) is 19.8 Å². The molecule has 0 atom stereocenters. The highest BCUT2D eigenvalue weighted by Gasteiger charge is 2.30. The van der Waals surface area contributed by atoms with E-state index in [0.29, 0.717) is 15.6 Å². The van der Waals surface area contributed by atoms with Crippen LogP contribution in [0.5, 0.6) is 5.75 Å². The lowest BCUT2D eigenvalue weighted by molar-refractivity contribution is -0.837. The number of hydrogen-bond acceptors (Lipinski definition) is 6. The molecule has 1 amide bonds. The number of carbonyl (C=O) groups excluding carboxylic acids is 1. The molecule has 1 saturated heterocycles. The zero-order valence-corrected chi connectivity index (χ0v) is 17.1. The van der Waals surface area contributed by atoms with Crippen molar-refractivity contribution in [3.63, 3.8) is 0 Å². The number of nitrogens with zero attached hydrogens (tertiary/aromatic N) is 3. The second kappa shape index (κ2) is 8.29. The Morgan fingerprint density at radius 1 is 1.20 bits per heavy atom. The molecule has 1 N–H and O–H groups in total. The lowest BCUT2D eigenvalue weighted by Gasteiger charge is -2.32. The molecule has 4 rings (SSSR count). The van der Waals surface area contributed by atoms with E-state index in [-0.39, 0.29) is 5.91 Å². The van der Waals surface area contributed by atoms with Crippen molar-refractivity contribution in [2.24, 2.45) is 4.99 Å². The van der Waals surface area contributed by atoms with Crippen molar-refractivity contribution in [2.45, 2.75) is 6.92 Å². The lowest BCUT2D eigenvalue weighted by atomic mass is 10.1. The van der Waals surface area contributed by atoms with Gasteiger partial charge in [0.15, 0.2) is 5.17 Å².